The Kier molecular flexibility index (Phi) is 3.21. The van der Waals surface area contributed by atoms with Gasteiger partial charge in [-0.3, -0.25) is 9.63 Å². The van der Waals surface area contributed by atoms with Gasteiger partial charge in [0.15, 0.2) is 0 Å². The van der Waals surface area contributed by atoms with Crippen LogP contribution in [0.3, 0.4) is 0 Å². The SMILES string of the molecule is Cc1cccc2nc(C(=O)NOC3CCCC3)cn12. The molecule has 100 valence electrons. The summed E-state index contributed by atoms with van der Waals surface area (Å²) in [5, 5.41) is 0. The maximum atomic E-state index is 12.0. The van der Waals surface area contributed by atoms with Crippen LogP contribution in [0.25, 0.3) is 5.65 Å². The lowest BCUT2D eigenvalue weighted by Gasteiger charge is -2.09. The molecule has 0 bridgehead atoms. The van der Waals surface area contributed by atoms with Gasteiger partial charge in [-0.2, -0.15) is 0 Å². The number of amides is 1. The zero-order valence-electron chi connectivity index (χ0n) is 10.9. The average Bonchev–Trinajstić information content (AvgIpc) is 3.05. The van der Waals surface area contributed by atoms with Crippen LogP contribution >= 0.6 is 0 Å². The number of hydroxylamine groups is 1. The Morgan fingerprint density at radius 1 is 1.42 bits per heavy atom. The standard InChI is InChI=1S/C14H17N3O2/c1-10-5-4-8-13-15-12(9-17(10)13)14(18)16-19-11-6-2-3-7-11/h4-5,8-9,11H,2-3,6-7H2,1H3,(H,16,18). The molecule has 0 unspecified atom stereocenters. The van der Waals surface area contributed by atoms with Crippen molar-refractivity contribution < 1.29 is 9.63 Å². The van der Waals surface area contributed by atoms with Crippen LogP contribution in [0.2, 0.25) is 0 Å². The second-order valence-electron chi connectivity index (χ2n) is 4.98. The molecule has 2 aromatic heterocycles. The molecule has 1 N–H and O–H groups in total. The summed E-state index contributed by atoms with van der Waals surface area (Å²) in [6.07, 6.45) is 6.28. The molecule has 0 atom stereocenters. The minimum absolute atomic E-state index is 0.155. The van der Waals surface area contributed by atoms with E-state index in [0.29, 0.717) is 5.69 Å². The van der Waals surface area contributed by atoms with Crippen LogP contribution in [-0.4, -0.2) is 21.4 Å². The van der Waals surface area contributed by atoms with Gasteiger partial charge in [0.25, 0.3) is 5.91 Å². The highest BCUT2D eigenvalue weighted by Gasteiger charge is 2.18. The number of hydrogen-bond acceptors (Lipinski definition) is 3. The summed E-state index contributed by atoms with van der Waals surface area (Å²) < 4.78 is 1.89. The third-order valence-electron chi connectivity index (χ3n) is 3.55. The van der Waals surface area contributed by atoms with Gasteiger partial charge >= 0.3 is 0 Å². The van der Waals surface area contributed by atoms with Gasteiger partial charge in [0.1, 0.15) is 11.3 Å². The highest BCUT2D eigenvalue weighted by molar-refractivity contribution is 5.92. The number of aryl methyl sites for hydroxylation is 1. The van der Waals surface area contributed by atoms with Crippen molar-refractivity contribution in [2.75, 3.05) is 0 Å². The fraction of sp³-hybridized carbons (Fsp3) is 0.429. The van der Waals surface area contributed by atoms with Gasteiger partial charge in [0.05, 0.1) is 6.10 Å². The van der Waals surface area contributed by atoms with E-state index in [0.717, 1.165) is 24.2 Å². The van der Waals surface area contributed by atoms with Crippen LogP contribution < -0.4 is 5.48 Å². The van der Waals surface area contributed by atoms with E-state index in [-0.39, 0.29) is 12.0 Å². The molecule has 0 spiro atoms. The number of nitrogens with zero attached hydrogens (tertiary/aromatic N) is 2. The number of fused-ring (bicyclic) bond motifs is 1. The van der Waals surface area contributed by atoms with E-state index in [2.05, 4.69) is 10.5 Å². The van der Waals surface area contributed by atoms with Gasteiger partial charge in [-0.05, 0) is 31.9 Å². The summed E-state index contributed by atoms with van der Waals surface area (Å²) in [7, 11) is 0. The first kappa shape index (κ1) is 12.2. The molecule has 1 saturated carbocycles. The average molecular weight is 259 g/mol. The first-order chi connectivity index (χ1) is 9.24. The Labute approximate surface area is 111 Å². The van der Waals surface area contributed by atoms with Crippen molar-refractivity contribution in [3.8, 4) is 0 Å². The summed E-state index contributed by atoms with van der Waals surface area (Å²) in [5.74, 6) is -0.282. The van der Waals surface area contributed by atoms with Crippen LogP contribution in [0, 0.1) is 6.92 Å². The van der Waals surface area contributed by atoms with Gasteiger partial charge < -0.3 is 4.40 Å². The van der Waals surface area contributed by atoms with Gasteiger partial charge in [-0.1, -0.05) is 18.9 Å². The molecular weight excluding hydrogens is 242 g/mol. The topological polar surface area (TPSA) is 55.6 Å². The van der Waals surface area contributed by atoms with Crippen LogP contribution in [0.5, 0.6) is 0 Å². The third-order valence-corrected chi connectivity index (χ3v) is 3.55. The summed E-state index contributed by atoms with van der Waals surface area (Å²) in [4.78, 5) is 21.7. The molecule has 5 nitrogen and oxygen atoms in total. The molecule has 19 heavy (non-hydrogen) atoms. The smallest absolute Gasteiger partial charge is 0.295 e. The largest absolute Gasteiger partial charge is 0.304 e. The zero-order valence-corrected chi connectivity index (χ0v) is 10.9. The Hall–Kier alpha value is -1.88. The van der Waals surface area contributed by atoms with E-state index >= 15 is 0 Å². The Bertz CT molecular complexity index is 600. The fourth-order valence-electron chi connectivity index (χ4n) is 2.45. The van der Waals surface area contributed by atoms with E-state index in [1.54, 1.807) is 6.20 Å². The number of aromatic nitrogens is 2. The second-order valence-corrected chi connectivity index (χ2v) is 4.98. The van der Waals surface area contributed by atoms with Gasteiger partial charge in [-0.25, -0.2) is 10.5 Å². The van der Waals surface area contributed by atoms with Crippen molar-refractivity contribution in [1.29, 1.82) is 0 Å². The molecule has 1 amide bonds. The molecule has 0 aliphatic heterocycles. The zero-order chi connectivity index (χ0) is 13.2. The lowest BCUT2D eigenvalue weighted by molar-refractivity contribution is -0.0127. The van der Waals surface area contributed by atoms with Crippen molar-refractivity contribution in [3.05, 3.63) is 35.8 Å². The van der Waals surface area contributed by atoms with E-state index in [9.17, 15) is 4.79 Å². The molecule has 0 saturated heterocycles. The molecule has 1 aliphatic carbocycles. The Balaban J connectivity index is 1.72. The minimum atomic E-state index is -0.282. The third kappa shape index (κ3) is 2.46. The lowest BCUT2D eigenvalue weighted by atomic mass is 10.3. The molecule has 2 heterocycles. The normalized spacial score (nSPS) is 16.1. The first-order valence-corrected chi connectivity index (χ1v) is 6.65. The van der Waals surface area contributed by atoms with Gasteiger partial charge in [-0.15, -0.1) is 0 Å². The van der Waals surface area contributed by atoms with Crippen LogP contribution in [0.15, 0.2) is 24.4 Å². The van der Waals surface area contributed by atoms with E-state index in [1.807, 2.05) is 29.5 Å². The van der Waals surface area contributed by atoms with Crippen LogP contribution in [-0.2, 0) is 4.84 Å². The number of hydrogen-bond donors (Lipinski definition) is 1. The molecule has 1 aliphatic rings. The maximum absolute atomic E-state index is 12.0. The van der Waals surface area contributed by atoms with E-state index < -0.39 is 0 Å². The van der Waals surface area contributed by atoms with Gasteiger partial charge in [0, 0.05) is 11.9 Å². The Morgan fingerprint density at radius 3 is 2.95 bits per heavy atom. The van der Waals surface area contributed by atoms with Crippen molar-refractivity contribution in [2.24, 2.45) is 0 Å². The molecule has 0 aromatic carbocycles. The molecule has 3 rings (SSSR count). The summed E-state index contributed by atoms with van der Waals surface area (Å²) in [5.41, 5.74) is 4.70. The highest BCUT2D eigenvalue weighted by atomic mass is 16.7. The number of carbonyl (C=O) groups is 1. The highest BCUT2D eigenvalue weighted by Crippen LogP contribution is 2.20. The van der Waals surface area contributed by atoms with Crippen LogP contribution in [0.1, 0.15) is 41.9 Å². The Morgan fingerprint density at radius 2 is 2.21 bits per heavy atom. The summed E-state index contributed by atoms with van der Waals surface area (Å²) >= 11 is 0. The number of nitrogens with one attached hydrogen (secondary N) is 1. The van der Waals surface area contributed by atoms with Crippen LogP contribution in [0.4, 0.5) is 0 Å². The van der Waals surface area contributed by atoms with Crippen molar-refractivity contribution in [3.63, 3.8) is 0 Å². The quantitative estimate of drug-likeness (QED) is 0.860. The molecule has 1 fully saturated rings. The van der Waals surface area contributed by atoms with E-state index in [1.165, 1.54) is 12.8 Å². The maximum Gasteiger partial charge on any atom is 0.295 e. The first-order valence-electron chi connectivity index (χ1n) is 6.65. The van der Waals surface area contributed by atoms with Crippen molar-refractivity contribution >= 4 is 11.6 Å². The monoisotopic (exact) mass is 259 g/mol. The number of carbonyl (C=O) groups excluding carboxylic acids is 1. The number of rotatable bonds is 3. The van der Waals surface area contributed by atoms with E-state index in [4.69, 9.17) is 4.84 Å². The predicted octanol–water partition coefficient (Wildman–Crippen LogP) is 2.25. The predicted molar refractivity (Wildman–Crippen MR) is 70.7 cm³/mol. The molecule has 2 aromatic rings. The number of imidazole rings is 1. The summed E-state index contributed by atoms with van der Waals surface area (Å²) in [6.45, 7) is 1.98. The molecule has 0 radical (unpaired) electrons. The molecular formula is C14H17N3O2. The fourth-order valence-corrected chi connectivity index (χ4v) is 2.45. The lowest BCUT2D eigenvalue weighted by Crippen LogP contribution is -2.28. The molecule has 5 heteroatoms. The van der Waals surface area contributed by atoms with Crippen molar-refractivity contribution in [2.45, 2.75) is 38.7 Å². The van der Waals surface area contributed by atoms with Crippen molar-refractivity contribution in [1.82, 2.24) is 14.9 Å². The second kappa shape index (κ2) is 5.01. The van der Waals surface area contributed by atoms with Gasteiger partial charge in [0.2, 0.25) is 0 Å². The number of pyridine rings is 1. The summed E-state index contributed by atoms with van der Waals surface area (Å²) in [6, 6.07) is 5.78. The minimum Gasteiger partial charge on any atom is -0.304 e.